The maximum Gasteiger partial charge on any atom is 0.221 e. The minimum atomic E-state index is -0.192. The molecule has 0 atom stereocenters. The van der Waals surface area contributed by atoms with Gasteiger partial charge in [-0.15, -0.1) is 12.4 Å². The van der Waals surface area contributed by atoms with Crippen molar-refractivity contribution in [2.24, 2.45) is 0 Å². The molecule has 3 rings (SSSR count). The Morgan fingerprint density at radius 2 is 1.87 bits per heavy atom. The molecule has 0 spiro atoms. The van der Waals surface area contributed by atoms with E-state index in [9.17, 15) is 4.79 Å². The van der Waals surface area contributed by atoms with Gasteiger partial charge in [0.1, 0.15) is 11.3 Å². The minimum absolute atomic E-state index is 0. The fraction of sp³-hybridized carbons (Fsp3) is 0.0556. The number of hydrogen-bond donors (Lipinski definition) is 0. The number of carbonyl (C=O) groups is 1. The van der Waals surface area contributed by atoms with Crippen LogP contribution in [0.15, 0.2) is 59.0 Å². The number of halogens is 2. The van der Waals surface area contributed by atoms with Crippen LogP contribution >= 0.6 is 24.0 Å². The van der Waals surface area contributed by atoms with Gasteiger partial charge in [0, 0.05) is 10.4 Å². The summed E-state index contributed by atoms with van der Waals surface area (Å²) in [4.78, 5) is 12.2. The highest BCUT2D eigenvalue weighted by molar-refractivity contribution is 6.31. The van der Waals surface area contributed by atoms with Crippen LogP contribution in [0.3, 0.4) is 0 Å². The van der Waals surface area contributed by atoms with Crippen LogP contribution in [0, 0.1) is 0 Å². The molecule has 0 aliphatic carbocycles. The summed E-state index contributed by atoms with van der Waals surface area (Å²) in [6, 6.07) is 14.4. The summed E-state index contributed by atoms with van der Waals surface area (Å²) < 4.78 is 10.6. The van der Waals surface area contributed by atoms with Crippen LogP contribution in [0.1, 0.15) is 16.1 Å². The van der Waals surface area contributed by atoms with Gasteiger partial charge >= 0.3 is 0 Å². The molecule has 0 saturated carbocycles. The van der Waals surface area contributed by atoms with Crippen LogP contribution in [-0.2, 0) is 0 Å². The van der Waals surface area contributed by atoms with Gasteiger partial charge in [0.2, 0.25) is 5.78 Å². The van der Waals surface area contributed by atoms with Crippen LogP contribution in [0.4, 0.5) is 0 Å². The second-order valence-electron chi connectivity index (χ2n) is 4.76. The van der Waals surface area contributed by atoms with Crippen molar-refractivity contribution in [3.8, 4) is 5.75 Å². The average molecular weight is 349 g/mol. The van der Waals surface area contributed by atoms with Crippen molar-refractivity contribution in [3.63, 3.8) is 0 Å². The summed E-state index contributed by atoms with van der Waals surface area (Å²) in [5, 5.41) is 1.43. The van der Waals surface area contributed by atoms with Crippen molar-refractivity contribution in [1.82, 2.24) is 0 Å². The van der Waals surface area contributed by atoms with E-state index >= 15 is 0 Å². The molecule has 0 saturated heterocycles. The third-order valence-corrected chi connectivity index (χ3v) is 3.50. The maximum absolute atomic E-state index is 12.2. The van der Waals surface area contributed by atoms with E-state index in [1.807, 2.05) is 24.3 Å². The topological polar surface area (TPSA) is 39.4 Å². The molecule has 0 amide bonds. The fourth-order valence-electron chi connectivity index (χ4n) is 2.10. The van der Waals surface area contributed by atoms with E-state index in [1.165, 1.54) is 6.08 Å². The van der Waals surface area contributed by atoms with Gasteiger partial charge in [0.05, 0.1) is 7.11 Å². The number of fused-ring (bicyclic) bond motifs is 1. The van der Waals surface area contributed by atoms with Gasteiger partial charge in [-0.25, -0.2) is 0 Å². The Kier molecular flexibility index (Phi) is 5.48. The first-order chi connectivity index (χ1) is 10.7. The first kappa shape index (κ1) is 17.1. The zero-order valence-corrected chi connectivity index (χ0v) is 13.9. The van der Waals surface area contributed by atoms with E-state index < -0.39 is 0 Å². The SMILES string of the molecule is COc1ccc(C=CC(=O)c2cc3cc(Cl)ccc3o2)cc1.Cl. The molecule has 3 aromatic rings. The first-order valence-corrected chi connectivity index (χ1v) is 7.09. The maximum atomic E-state index is 12.2. The van der Waals surface area contributed by atoms with E-state index in [2.05, 4.69) is 0 Å². The predicted octanol–water partition coefficient (Wildman–Crippen LogP) is 5.41. The van der Waals surface area contributed by atoms with Crippen LogP contribution in [0.2, 0.25) is 5.02 Å². The Bertz CT molecular complexity index is 848. The van der Waals surface area contributed by atoms with E-state index in [0.29, 0.717) is 16.4 Å². The predicted molar refractivity (Wildman–Crippen MR) is 94.8 cm³/mol. The number of furan rings is 1. The molecule has 0 unspecified atom stereocenters. The molecule has 5 heteroatoms. The van der Waals surface area contributed by atoms with Gasteiger partial charge < -0.3 is 9.15 Å². The average Bonchev–Trinajstić information content (AvgIpc) is 2.96. The van der Waals surface area contributed by atoms with Crippen LogP contribution in [0.25, 0.3) is 17.0 Å². The highest BCUT2D eigenvalue weighted by Crippen LogP contribution is 2.23. The highest BCUT2D eigenvalue weighted by atomic mass is 35.5. The molecule has 0 aliphatic rings. The number of rotatable bonds is 4. The lowest BCUT2D eigenvalue weighted by atomic mass is 10.1. The number of hydrogen-bond acceptors (Lipinski definition) is 3. The second-order valence-corrected chi connectivity index (χ2v) is 5.20. The van der Waals surface area contributed by atoms with Crippen molar-refractivity contribution in [3.05, 3.63) is 71.0 Å². The number of carbonyl (C=O) groups excluding carboxylic acids is 1. The molecule has 0 radical (unpaired) electrons. The molecular formula is C18H14Cl2O3. The van der Waals surface area contributed by atoms with Crippen LogP contribution < -0.4 is 4.74 Å². The van der Waals surface area contributed by atoms with Gasteiger partial charge in [-0.1, -0.05) is 29.8 Å². The standard InChI is InChI=1S/C18H13ClO3.ClH/c1-21-15-6-2-12(3-7-15)4-8-16(20)18-11-13-10-14(19)5-9-17(13)22-18;/h2-11H,1H3;1H. The van der Waals surface area contributed by atoms with Gasteiger partial charge in [-0.05, 0) is 48.0 Å². The smallest absolute Gasteiger partial charge is 0.221 e. The first-order valence-electron chi connectivity index (χ1n) is 6.71. The van der Waals surface area contributed by atoms with Crippen molar-refractivity contribution in [2.45, 2.75) is 0 Å². The summed E-state index contributed by atoms with van der Waals surface area (Å²) in [6.07, 6.45) is 3.23. The molecule has 0 bridgehead atoms. The largest absolute Gasteiger partial charge is 0.497 e. The Labute approximate surface area is 144 Å². The minimum Gasteiger partial charge on any atom is -0.497 e. The molecule has 2 aromatic carbocycles. The third-order valence-electron chi connectivity index (χ3n) is 3.26. The van der Waals surface area contributed by atoms with Crippen molar-refractivity contribution in [1.29, 1.82) is 0 Å². The molecule has 0 fully saturated rings. The molecule has 1 heterocycles. The highest BCUT2D eigenvalue weighted by Gasteiger charge is 2.09. The molecule has 118 valence electrons. The van der Waals surface area contributed by atoms with Gasteiger partial charge in [0.15, 0.2) is 5.76 Å². The van der Waals surface area contributed by atoms with Gasteiger partial charge in [-0.2, -0.15) is 0 Å². The van der Waals surface area contributed by atoms with E-state index in [-0.39, 0.29) is 18.2 Å². The lowest BCUT2D eigenvalue weighted by molar-refractivity contribution is 0.102. The number of allylic oxidation sites excluding steroid dienone is 1. The summed E-state index contributed by atoms with van der Waals surface area (Å²) in [5.74, 6) is 0.878. The monoisotopic (exact) mass is 348 g/mol. The number of benzene rings is 2. The van der Waals surface area contributed by atoms with Gasteiger partial charge in [0.25, 0.3) is 0 Å². The quantitative estimate of drug-likeness (QED) is 0.467. The number of ketones is 1. The van der Waals surface area contributed by atoms with E-state index in [0.717, 1.165) is 16.7 Å². The Hall–Kier alpha value is -2.23. The zero-order chi connectivity index (χ0) is 15.5. The summed E-state index contributed by atoms with van der Waals surface area (Å²) >= 11 is 5.92. The molecule has 0 aliphatic heterocycles. The van der Waals surface area contributed by atoms with E-state index in [1.54, 1.807) is 37.5 Å². The summed E-state index contributed by atoms with van der Waals surface area (Å²) in [5.41, 5.74) is 1.55. The summed E-state index contributed by atoms with van der Waals surface area (Å²) in [6.45, 7) is 0. The molecule has 23 heavy (non-hydrogen) atoms. The Morgan fingerprint density at radius 3 is 2.57 bits per heavy atom. The summed E-state index contributed by atoms with van der Waals surface area (Å²) in [7, 11) is 1.61. The second kappa shape index (κ2) is 7.36. The van der Waals surface area contributed by atoms with Crippen molar-refractivity contribution < 1.29 is 13.9 Å². The Morgan fingerprint density at radius 1 is 1.13 bits per heavy atom. The molecule has 1 aromatic heterocycles. The fourth-order valence-corrected chi connectivity index (χ4v) is 2.29. The van der Waals surface area contributed by atoms with Crippen LogP contribution in [-0.4, -0.2) is 12.9 Å². The van der Waals surface area contributed by atoms with Crippen molar-refractivity contribution >= 4 is 46.8 Å². The lowest BCUT2D eigenvalue weighted by Crippen LogP contribution is -1.90. The molecule has 0 N–H and O–H groups in total. The van der Waals surface area contributed by atoms with Gasteiger partial charge in [-0.3, -0.25) is 4.79 Å². The normalized spacial score (nSPS) is 10.7. The number of ether oxygens (including phenoxy) is 1. The van der Waals surface area contributed by atoms with Crippen molar-refractivity contribution in [2.75, 3.05) is 7.11 Å². The number of methoxy groups -OCH3 is 1. The molecule has 3 nitrogen and oxygen atoms in total. The van der Waals surface area contributed by atoms with Crippen LogP contribution in [0.5, 0.6) is 5.75 Å². The zero-order valence-electron chi connectivity index (χ0n) is 12.3. The van der Waals surface area contributed by atoms with E-state index in [4.69, 9.17) is 20.8 Å². The lowest BCUT2D eigenvalue weighted by Gasteiger charge is -1.98. The molecular weight excluding hydrogens is 335 g/mol. The Balaban J connectivity index is 0.00000192. The third kappa shape index (κ3) is 3.95.